The number of fused-ring (bicyclic) bond motifs is 3. The van der Waals surface area contributed by atoms with Crippen molar-refractivity contribution in [2.45, 2.75) is 6.54 Å². The maximum absolute atomic E-state index is 13.7. The van der Waals surface area contributed by atoms with Gasteiger partial charge in [0.2, 0.25) is 0 Å². The largest absolute Gasteiger partial charge is 0.311 e. The number of nitrogens with zero attached hydrogens (tertiary/aromatic N) is 2. The van der Waals surface area contributed by atoms with Crippen molar-refractivity contribution in [1.82, 2.24) is 0 Å². The quantitative estimate of drug-likeness (QED) is 0.248. The van der Waals surface area contributed by atoms with Crippen LogP contribution in [-0.4, -0.2) is 14.0 Å². The van der Waals surface area contributed by atoms with E-state index >= 15 is 0 Å². The van der Waals surface area contributed by atoms with Crippen LogP contribution in [0, 0.1) is 0 Å². The lowest BCUT2D eigenvalue weighted by Gasteiger charge is -2.45. The molecule has 0 aromatic heterocycles. The van der Waals surface area contributed by atoms with E-state index in [0.717, 1.165) is 22.5 Å². The fraction of sp³-hybridized carbons (Fsp3) is 0.0263. The Kier molecular flexibility index (Phi) is 5.69. The summed E-state index contributed by atoms with van der Waals surface area (Å²) in [6, 6.07) is 56.1. The first-order valence-corrected chi connectivity index (χ1v) is 16.4. The summed E-state index contributed by atoms with van der Waals surface area (Å²) in [6.45, 7) is 0.587. The molecule has 8 rings (SSSR count). The molecule has 0 aliphatic carbocycles. The SMILES string of the molecule is O=C1c2cc(N3c4ccccc4[Si](c4ccccc4)(c4ccccc4)c4ccccc43)ccc2CN1c1ccccc1. The van der Waals surface area contributed by atoms with Gasteiger partial charge in [0.1, 0.15) is 0 Å². The van der Waals surface area contributed by atoms with Gasteiger partial charge in [0, 0.05) is 28.3 Å². The molecule has 200 valence electrons. The first-order chi connectivity index (χ1) is 20.8. The molecule has 0 spiro atoms. The second-order valence-electron chi connectivity index (χ2n) is 10.9. The average Bonchev–Trinajstić information content (AvgIpc) is 3.40. The molecule has 6 aromatic carbocycles. The summed E-state index contributed by atoms with van der Waals surface area (Å²) in [6.07, 6.45) is 0. The van der Waals surface area contributed by atoms with Gasteiger partial charge in [-0.3, -0.25) is 4.79 Å². The van der Waals surface area contributed by atoms with Gasteiger partial charge in [0.15, 0.2) is 8.07 Å². The second kappa shape index (κ2) is 9.72. The monoisotopic (exact) mass is 556 g/mol. The average molecular weight is 557 g/mol. The summed E-state index contributed by atoms with van der Waals surface area (Å²) < 4.78 is 0. The summed E-state index contributed by atoms with van der Waals surface area (Å²) >= 11 is 0. The molecule has 0 unspecified atom stereocenters. The molecule has 0 bridgehead atoms. The van der Waals surface area contributed by atoms with Gasteiger partial charge in [-0.05, 0) is 62.7 Å². The number of para-hydroxylation sites is 3. The topological polar surface area (TPSA) is 23.6 Å². The Labute approximate surface area is 246 Å². The molecule has 6 aromatic rings. The van der Waals surface area contributed by atoms with Gasteiger partial charge in [0.05, 0.1) is 6.54 Å². The van der Waals surface area contributed by atoms with Crippen LogP contribution >= 0.6 is 0 Å². The summed E-state index contributed by atoms with van der Waals surface area (Å²) in [7, 11) is -2.66. The van der Waals surface area contributed by atoms with E-state index in [9.17, 15) is 4.79 Å². The van der Waals surface area contributed by atoms with Crippen LogP contribution in [0.5, 0.6) is 0 Å². The van der Waals surface area contributed by atoms with Crippen molar-refractivity contribution >= 4 is 57.5 Å². The van der Waals surface area contributed by atoms with E-state index in [4.69, 9.17) is 0 Å². The van der Waals surface area contributed by atoms with Gasteiger partial charge in [-0.2, -0.15) is 0 Å². The number of hydrogen-bond acceptors (Lipinski definition) is 2. The van der Waals surface area contributed by atoms with Crippen LogP contribution in [0.15, 0.2) is 158 Å². The van der Waals surface area contributed by atoms with E-state index in [1.54, 1.807) is 0 Å². The maximum Gasteiger partial charge on any atom is 0.259 e. The summed E-state index contributed by atoms with van der Waals surface area (Å²) in [5.74, 6) is 0.0499. The molecule has 0 radical (unpaired) electrons. The van der Waals surface area contributed by atoms with Crippen LogP contribution in [0.1, 0.15) is 15.9 Å². The third kappa shape index (κ3) is 3.55. The Morgan fingerprint density at radius 1 is 0.500 bits per heavy atom. The van der Waals surface area contributed by atoms with Crippen molar-refractivity contribution in [2.75, 3.05) is 9.80 Å². The van der Waals surface area contributed by atoms with Crippen LogP contribution < -0.4 is 30.5 Å². The van der Waals surface area contributed by atoms with Crippen molar-refractivity contribution in [1.29, 1.82) is 0 Å². The summed E-state index contributed by atoms with van der Waals surface area (Å²) in [5, 5.41) is 5.41. The summed E-state index contributed by atoms with van der Waals surface area (Å²) in [5.41, 5.74) is 6.09. The normalized spacial score (nSPS) is 14.7. The highest BCUT2D eigenvalue weighted by atomic mass is 28.3. The van der Waals surface area contributed by atoms with Gasteiger partial charge in [0.25, 0.3) is 5.91 Å². The first-order valence-electron chi connectivity index (χ1n) is 14.4. The lowest BCUT2D eigenvalue weighted by molar-refractivity contribution is 0.0996. The van der Waals surface area contributed by atoms with E-state index < -0.39 is 8.07 Å². The number of carbonyl (C=O) groups excluding carboxylic acids is 1. The van der Waals surface area contributed by atoms with E-state index in [1.165, 1.54) is 32.1 Å². The highest BCUT2D eigenvalue weighted by molar-refractivity contribution is 7.21. The standard InChI is InChI=1S/C38H28N2OSi/c41-38-33-26-30(25-24-28(33)27-39(38)29-14-4-1-5-15-29)40-34-20-10-12-22-36(34)42(31-16-6-2-7-17-31,32-18-8-3-9-19-32)37-23-13-11-21-35(37)40/h1-26H,27H2. The lowest BCUT2D eigenvalue weighted by atomic mass is 10.1. The van der Waals surface area contributed by atoms with Crippen LogP contribution in [0.4, 0.5) is 22.7 Å². The molecule has 0 saturated heterocycles. The van der Waals surface area contributed by atoms with E-state index in [0.29, 0.717) is 6.54 Å². The molecule has 0 atom stereocenters. The lowest BCUT2D eigenvalue weighted by Crippen LogP contribution is -2.77. The Hall–Kier alpha value is -5.19. The minimum Gasteiger partial charge on any atom is -0.311 e. The van der Waals surface area contributed by atoms with Crippen LogP contribution in [-0.2, 0) is 6.54 Å². The Bertz CT molecular complexity index is 1850. The molecular weight excluding hydrogens is 529 g/mol. The Balaban J connectivity index is 1.35. The zero-order valence-corrected chi connectivity index (χ0v) is 24.0. The van der Waals surface area contributed by atoms with Gasteiger partial charge in [-0.1, -0.05) is 121 Å². The van der Waals surface area contributed by atoms with Gasteiger partial charge >= 0.3 is 0 Å². The predicted octanol–water partition coefficient (Wildman–Crippen LogP) is 6.01. The zero-order valence-electron chi connectivity index (χ0n) is 23.0. The molecule has 2 heterocycles. The maximum atomic E-state index is 13.7. The van der Waals surface area contributed by atoms with Crippen LogP contribution in [0.25, 0.3) is 0 Å². The van der Waals surface area contributed by atoms with Crippen molar-refractivity contribution in [3.8, 4) is 0 Å². The van der Waals surface area contributed by atoms with Crippen molar-refractivity contribution in [2.24, 2.45) is 0 Å². The molecule has 2 aliphatic rings. The van der Waals surface area contributed by atoms with Crippen LogP contribution in [0.3, 0.4) is 0 Å². The molecule has 0 N–H and O–H groups in total. The summed E-state index contributed by atoms with van der Waals surface area (Å²) in [4.78, 5) is 17.9. The number of anilines is 4. The smallest absolute Gasteiger partial charge is 0.259 e. The van der Waals surface area contributed by atoms with Crippen molar-refractivity contribution in [3.63, 3.8) is 0 Å². The fourth-order valence-corrected chi connectivity index (χ4v) is 12.0. The molecule has 1 amide bonds. The number of rotatable bonds is 4. The molecule has 0 saturated carbocycles. The minimum atomic E-state index is -2.66. The van der Waals surface area contributed by atoms with Crippen molar-refractivity contribution < 1.29 is 4.79 Å². The molecule has 3 nitrogen and oxygen atoms in total. The first kappa shape index (κ1) is 24.6. The Morgan fingerprint density at radius 2 is 1.00 bits per heavy atom. The third-order valence-electron chi connectivity index (χ3n) is 8.74. The van der Waals surface area contributed by atoms with E-state index in [1.807, 2.05) is 35.2 Å². The second-order valence-corrected chi connectivity index (χ2v) is 14.7. The predicted molar refractivity (Wildman–Crippen MR) is 175 cm³/mol. The van der Waals surface area contributed by atoms with E-state index in [-0.39, 0.29) is 5.91 Å². The van der Waals surface area contributed by atoms with Crippen molar-refractivity contribution in [3.05, 3.63) is 169 Å². The Morgan fingerprint density at radius 3 is 1.57 bits per heavy atom. The highest BCUT2D eigenvalue weighted by Gasteiger charge is 2.48. The third-order valence-corrected chi connectivity index (χ3v) is 13.6. The minimum absolute atomic E-state index is 0.0499. The molecule has 4 heteroatoms. The molecule has 42 heavy (non-hydrogen) atoms. The fourth-order valence-electron chi connectivity index (χ4n) is 6.93. The number of carbonyl (C=O) groups is 1. The van der Waals surface area contributed by atoms with Gasteiger partial charge in [-0.15, -0.1) is 0 Å². The number of amides is 1. The van der Waals surface area contributed by atoms with Gasteiger partial charge in [-0.25, -0.2) is 0 Å². The molecule has 0 fully saturated rings. The van der Waals surface area contributed by atoms with Crippen LogP contribution in [0.2, 0.25) is 0 Å². The highest BCUT2D eigenvalue weighted by Crippen LogP contribution is 2.40. The zero-order chi connectivity index (χ0) is 28.1. The molecule has 2 aliphatic heterocycles. The van der Waals surface area contributed by atoms with E-state index in [2.05, 4.69) is 132 Å². The molecular formula is C38H28N2OSi. The van der Waals surface area contributed by atoms with Gasteiger partial charge < -0.3 is 9.80 Å². The number of hydrogen-bond donors (Lipinski definition) is 0. The number of benzene rings is 6.